The second-order valence-corrected chi connectivity index (χ2v) is 3.95. The quantitative estimate of drug-likeness (QED) is 0.473. The second-order valence-electron chi connectivity index (χ2n) is 3.95. The Labute approximate surface area is 105 Å². The van der Waals surface area contributed by atoms with Crippen LogP contribution in [0.1, 0.15) is 18.9 Å². The van der Waals surface area contributed by atoms with Gasteiger partial charge >= 0.3 is 5.97 Å². The Morgan fingerprint density at radius 2 is 2.17 bits per heavy atom. The van der Waals surface area contributed by atoms with E-state index >= 15 is 0 Å². The maximum Gasteiger partial charge on any atom is 0.307 e. The lowest BCUT2D eigenvalue weighted by atomic mass is 10.1. The molecular formula is C12H16N2O4. The summed E-state index contributed by atoms with van der Waals surface area (Å²) in [5.41, 5.74) is 0.675. The van der Waals surface area contributed by atoms with E-state index in [4.69, 9.17) is 0 Å². The van der Waals surface area contributed by atoms with E-state index < -0.39 is 4.92 Å². The highest BCUT2D eigenvalue weighted by atomic mass is 16.6. The molecule has 0 radical (unpaired) electrons. The Morgan fingerprint density at radius 1 is 1.50 bits per heavy atom. The van der Waals surface area contributed by atoms with Gasteiger partial charge in [-0.15, -0.1) is 0 Å². The molecule has 0 fully saturated rings. The molecule has 6 heteroatoms. The number of esters is 1. The maximum absolute atomic E-state index is 11.0. The first-order valence-electron chi connectivity index (χ1n) is 5.57. The normalized spacial score (nSPS) is 11.9. The molecule has 0 spiro atoms. The predicted octanol–water partition coefficient (Wildman–Crippen LogP) is 1.64. The first-order valence-corrected chi connectivity index (χ1v) is 5.57. The third-order valence-corrected chi connectivity index (χ3v) is 2.53. The van der Waals surface area contributed by atoms with Crippen LogP contribution < -0.4 is 5.32 Å². The van der Waals surface area contributed by atoms with Gasteiger partial charge in [0.1, 0.15) is 0 Å². The first-order chi connectivity index (χ1) is 8.54. The lowest BCUT2D eigenvalue weighted by Gasteiger charge is -2.12. The van der Waals surface area contributed by atoms with Crippen molar-refractivity contribution in [1.82, 2.24) is 5.32 Å². The summed E-state index contributed by atoms with van der Waals surface area (Å²) >= 11 is 0. The monoisotopic (exact) mass is 252 g/mol. The number of nitro benzene ring substituents is 1. The van der Waals surface area contributed by atoms with Crippen molar-refractivity contribution >= 4 is 11.7 Å². The molecule has 1 aromatic rings. The van der Waals surface area contributed by atoms with Crippen LogP contribution in [-0.2, 0) is 16.1 Å². The highest BCUT2D eigenvalue weighted by Crippen LogP contribution is 2.17. The zero-order chi connectivity index (χ0) is 13.5. The molecule has 1 atom stereocenters. The number of hydrogen-bond acceptors (Lipinski definition) is 5. The van der Waals surface area contributed by atoms with E-state index in [1.165, 1.54) is 13.2 Å². The number of nitrogens with one attached hydrogen (secondary N) is 1. The molecule has 18 heavy (non-hydrogen) atoms. The molecule has 0 aliphatic heterocycles. The summed E-state index contributed by atoms with van der Waals surface area (Å²) in [5.74, 6) is -0.308. The molecule has 1 aromatic carbocycles. The van der Waals surface area contributed by atoms with Gasteiger partial charge in [-0.2, -0.15) is 0 Å². The van der Waals surface area contributed by atoms with Crippen LogP contribution in [0, 0.1) is 10.1 Å². The largest absolute Gasteiger partial charge is 0.469 e. The molecule has 0 aromatic heterocycles. The number of carbonyl (C=O) groups is 1. The van der Waals surface area contributed by atoms with Gasteiger partial charge in [0, 0.05) is 24.2 Å². The van der Waals surface area contributed by atoms with Crippen LogP contribution in [0.2, 0.25) is 0 Å². The summed E-state index contributed by atoms with van der Waals surface area (Å²) in [5, 5.41) is 13.8. The standard InChI is InChI=1S/C12H16N2O4/c1-9(7-12(15)18-2)13-8-10-5-3-4-6-11(10)14(16)17/h3-6,9,13H,7-8H2,1-2H3. The Morgan fingerprint density at radius 3 is 2.78 bits per heavy atom. The zero-order valence-electron chi connectivity index (χ0n) is 10.4. The summed E-state index contributed by atoms with van der Waals surface area (Å²) in [6.45, 7) is 2.17. The zero-order valence-corrected chi connectivity index (χ0v) is 10.4. The van der Waals surface area contributed by atoms with Gasteiger partial charge in [0.25, 0.3) is 5.69 Å². The van der Waals surface area contributed by atoms with Crippen LogP contribution in [0.4, 0.5) is 5.69 Å². The van der Waals surface area contributed by atoms with Crippen molar-refractivity contribution in [3.05, 3.63) is 39.9 Å². The molecule has 0 heterocycles. The van der Waals surface area contributed by atoms with Crippen LogP contribution >= 0.6 is 0 Å². The fourth-order valence-electron chi connectivity index (χ4n) is 1.53. The molecule has 1 unspecified atom stereocenters. The number of carbonyl (C=O) groups excluding carboxylic acids is 1. The minimum absolute atomic E-state index is 0.0790. The maximum atomic E-state index is 11.0. The number of hydrogen-bond donors (Lipinski definition) is 1. The van der Waals surface area contributed by atoms with E-state index in [9.17, 15) is 14.9 Å². The molecule has 6 nitrogen and oxygen atoms in total. The van der Waals surface area contributed by atoms with Gasteiger partial charge in [0.15, 0.2) is 0 Å². The average Bonchev–Trinajstić information content (AvgIpc) is 2.36. The lowest BCUT2D eigenvalue weighted by Crippen LogP contribution is -2.28. The van der Waals surface area contributed by atoms with Gasteiger partial charge in [-0.05, 0) is 6.92 Å². The average molecular weight is 252 g/mol. The molecule has 0 aliphatic rings. The SMILES string of the molecule is COC(=O)CC(C)NCc1ccccc1[N+](=O)[O-]. The van der Waals surface area contributed by atoms with E-state index in [0.717, 1.165) is 0 Å². The number of para-hydroxylation sites is 1. The Balaban J connectivity index is 2.58. The number of methoxy groups -OCH3 is 1. The molecule has 0 amide bonds. The van der Waals surface area contributed by atoms with Gasteiger partial charge in [-0.1, -0.05) is 18.2 Å². The van der Waals surface area contributed by atoms with Crippen molar-refractivity contribution in [2.24, 2.45) is 0 Å². The summed E-state index contributed by atoms with van der Waals surface area (Å²) in [4.78, 5) is 21.4. The van der Waals surface area contributed by atoms with E-state index in [1.54, 1.807) is 18.2 Å². The van der Waals surface area contributed by atoms with Crippen LogP contribution in [0.5, 0.6) is 0 Å². The molecule has 98 valence electrons. The van der Waals surface area contributed by atoms with Crippen LogP contribution in [0.25, 0.3) is 0 Å². The smallest absolute Gasteiger partial charge is 0.307 e. The molecule has 0 saturated carbocycles. The van der Waals surface area contributed by atoms with E-state index in [1.807, 2.05) is 6.92 Å². The first kappa shape index (κ1) is 14.1. The van der Waals surface area contributed by atoms with Crippen molar-refractivity contribution in [3.8, 4) is 0 Å². The molecule has 0 aliphatic carbocycles. The van der Waals surface area contributed by atoms with Gasteiger partial charge in [-0.25, -0.2) is 0 Å². The van der Waals surface area contributed by atoms with Gasteiger partial charge in [0.05, 0.1) is 18.5 Å². The molecule has 1 N–H and O–H groups in total. The van der Waals surface area contributed by atoms with Crippen LogP contribution in [0.3, 0.4) is 0 Å². The van der Waals surface area contributed by atoms with Crippen LogP contribution in [-0.4, -0.2) is 24.0 Å². The number of nitro groups is 1. The van der Waals surface area contributed by atoms with E-state index in [0.29, 0.717) is 12.1 Å². The Bertz CT molecular complexity index is 434. The summed E-state index contributed by atoms with van der Waals surface area (Å²) < 4.78 is 4.55. The molecular weight excluding hydrogens is 236 g/mol. The second kappa shape index (κ2) is 6.70. The summed E-state index contributed by atoms with van der Waals surface area (Å²) in [6.07, 6.45) is 0.233. The Hall–Kier alpha value is -1.95. The van der Waals surface area contributed by atoms with Gasteiger partial charge in [0.2, 0.25) is 0 Å². The summed E-state index contributed by atoms with van der Waals surface area (Å²) in [6, 6.07) is 6.42. The third-order valence-electron chi connectivity index (χ3n) is 2.53. The number of ether oxygens (including phenoxy) is 1. The fourth-order valence-corrected chi connectivity index (χ4v) is 1.53. The van der Waals surface area contributed by atoms with Crippen molar-refractivity contribution in [2.75, 3.05) is 7.11 Å². The number of benzene rings is 1. The third kappa shape index (κ3) is 4.14. The number of nitrogens with zero attached hydrogens (tertiary/aromatic N) is 1. The van der Waals surface area contributed by atoms with Crippen molar-refractivity contribution < 1.29 is 14.5 Å². The van der Waals surface area contributed by atoms with E-state index in [2.05, 4.69) is 10.1 Å². The molecule has 0 saturated heterocycles. The fraction of sp³-hybridized carbons (Fsp3) is 0.417. The molecule has 0 bridgehead atoms. The highest BCUT2D eigenvalue weighted by Gasteiger charge is 2.14. The lowest BCUT2D eigenvalue weighted by molar-refractivity contribution is -0.385. The van der Waals surface area contributed by atoms with Crippen molar-refractivity contribution in [2.45, 2.75) is 25.9 Å². The predicted molar refractivity (Wildman–Crippen MR) is 66.0 cm³/mol. The van der Waals surface area contributed by atoms with Crippen LogP contribution in [0.15, 0.2) is 24.3 Å². The minimum atomic E-state index is -0.415. The van der Waals surface area contributed by atoms with Crippen molar-refractivity contribution in [3.63, 3.8) is 0 Å². The van der Waals surface area contributed by atoms with Gasteiger partial charge < -0.3 is 10.1 Å². The van der Waals surface area contributed by atoms with Gasteiger partial charge in [-0.3, -0.25) is 14.9 Å². The van der Waals surface area contributed by atoms with Crippen molar-refractivity contribution in [1.29, 1.82) is 0 Å². The summed E-state index contributed by atoms with van der Waals surface area (Å²) in [7, 11) is 1.33. The number of rotatable bonds is 6. The van der Waals surface area contributed by atoms with E-state index in [-0.39, 0.29) is 24.1 Å². The Kier molecular flexibility index (Phi) is 5.26. The molecule has 1 rings (SSSR count). The topological polar surface area (TPSA) is 81.5 Å². The minimum Gasteiger partial charge on any atom is -0.469 e. The highest BCUT2D eigenvalue weighted by molar-refractivity contribution is 5.69.